The summed E-state index contributed by atoms with van der Waals surface area (Å²) in [4.78, 5) is 27.5. The number of hydrogen-bond acceptors (Lipinski definition) is 3. The molecule has 1 atom stereocenters. The van der Waals surface area contributed by atoms with Gasteiger partial charge >= 0.3 is 0 Å². The van der Waals surface area contributed by atoms with Gasteiger partial charge in [-0.1, -0.05) is 36.4 Å². The van der Waals surface area contributed by atoms with Crippen molar-refractivity contribution in [2.24, 2.45) is 0 Å². The molecule has 1 aliphatic heterocycles. The highest BCUT2D eigenvalue weighted by molar-refractivity contribution is 6.08. The summed E-state index contributed by atoms with van der Waals surface area (Å²) in [5.41, 5.74) is 3.23. The van der Waals surface area contributed by atoms with E-state index in [1.807, 2.05) is 49.4 Å². The van der Waals surface area contributed by atoms with Gasteiger partial charge in [-0.3, -0.25) is 9.59 Å². The van der Waals surface area contributed by atoms with Crippen molar-refractivity contribution in [1.29, 1.82) is 0 Å². The number of amides is 2. The topological polar surface area (TPSA) is 69.6 Å². The second-order valence-corrected chi connectivity index (χ2v) is 8.20. The van der Waals surface area contributed by atoms with Gasteiger partial charge in [0.2, 0.25) is 0 Å². The SMILES string of the molecule is Cc1ccccc1C(=O)Nc1ccc(C(=O)N2CCCC(C)(O)c3ccccc32)cc1. The largest absolute Gasteiger partial charge is 0.385 e. The molecule has 1 unspecified atom stereocenters. The molecule has 0 saturated carbocycles. The Morgan fingerprint density at radius 1 is 0.968 bits per heavy atom. The van der Waals surface area contributed by atoms with Gasteiger partial charge in [0.25, 0.3) is 11.8 Å². The number of anilines is 2. The number of carbonyl (C=O) groups excluding carboxylic acids is 2. The number of aliphatic hydroxyl groups is 1. The molecule has 158 valence electrons. The molecule has 3 aromatic carbocycles. The molecule has 0 aromatic heterocycles. The van der Waals surface area contributed by atoms with Crippen molar-refractivity contribution in [3.05, 3.63) is 95.1 Å². The number of nitrogens with one attached hydrogen (secondary N) is 1. The van der Waals surface area contributed by atoms with Gasteiger partial charge in [-0.25, -0.2) is 0 Å². The van der Waals surface area contributed by atoms with Gasteiger partial charge in [0, 0.05) is 28.9 Å². The van der Waals surface area contributed by atoms with E-state index in [-0.39, 0.29) is 11.8 Å². The van der Waals surface area contributed by atoms with Gasteiger partial charge in [-0.2, -0.15) is 0 Å². The summed E-state index contributed by atoms with van der Waals surface area (Å²) >= 11 is 0. The first kappa shape index (κ1) is 20.8. The lowest BCUT2D eigenvalue weighted by molar-refractivity contribution is 0.0489. The smallest absolute Gasteiger partial charge is 0.258 e. The molecule has 31 heavy (non-hydrogen) atoms. The second kappa shape index (κ2) is 8.36. The first-order chi connectivity index (χ1) is 14.9. The van der Waals surface area contributed by atoms with E-state index in [0.29, 0.717) is 36.2 Å². The molecule has 0 spiro atoms. The number of aryl methyl sites for hydroxylation is 1. The zero-order chi connectivity index (χ0) is 22.0. The summed E-state index contributed by atoms with van der Waals surface area (Å²) in [5, 5.41) is 13.7. The number of hydrogen-bond donors (Lipinski definition) is 2. The highest BCUT2D eigenvalue weighted by atomic mass is 16.3. The van der Waals surface area contributed by atoms with Gasteiger partial charge in [-0.15, -0.1) is 0 Å². The number of fused-ring (bicyclic) bond motifs is 1. The zero-order valence-corrected chi connectivity index (χ0v) is 17.8. The molecule has 2 N–H and O–H groups in total. The maximum absolute atomic E-state index is 13.3. The normalized spacial score (nSPS) is 18.1. The fourth-order valence-corrected chi connectivity index (χ4v) is 4.09. The maximum atomic E-state index is 13.3. The number of nitrogens with zero attached hydrogens (tertiary/aromatic N) is 1. The van der Waals surface area contributed by atoms with Crippen LogP contribution in [0.15, 0.2) is 72.8 Å². The highest BCUT2D eigenvalue weighted by Crippen LogP contribution is 2.37. The molecule has 0 fully saturated rings. The number of benzene rings is 3. The third kappa shape index (κ3) is 4.23. The predicted molar refractivity (Wildman–Crippen MR) is 122 cm³/mol. The van der Waals surface area contributed by atoms with E-state index in [1.54, 1.807) is 42.2 Å². The molecule has 0 bridgehead atoms. The molecule has 1 heterocycles. The number of carbonyl (C=O) groups is 2. The summed E-state index contributed by atoms with van der Waals surface area (Å²) in [5.74, 6) is -0.303. The van der Waals surface area contributed by atoms with Crippen LogP contribution in [0.5, 0.6) is 0 Å². The average molecular weight is 415 g/mol. The van der Waals surface area contributed by atoms with Gasteiger partial charge in [0.1, 0.15) is 0 Å². The Balaban J connectivity index is 1.55. The van der Waals surface area contributed by atoms with Crippen LogP contribution >= 0.6 is 0 Å². The molecule has 0 saturated heterocycles. The van der Waals surface area contributed by atoms with E-state index in [1.165, 1.54) is 0 Å². The summed E-state index contributed by atoms with van der Waals surface area (Å²) in [7, 11) is 0. The predicted octanol–water partition coefficient (Wildman–Crippen LogP) is 4.90. The quantitative estimate of drug-likeness (QED) is 0.641. The van der Waals surface area contributed by atoms with Gasteiger partial charge in [0.05, 0.1) is 11.3 Å². The van der Waals surface area contributed by atoms with Crippen LogP contribution in [-0.4, -0.2) is 23.5 Å². The van der Waals surface area contributed by atoms with Crippen LogP contribution in [-0.2, 0) is 5.60 Å². The Labute approximate surface area is 182 Å². The second-order valence-electron chi connectivity index (χ2n) is 8.20. The third-order valence-electron chi connectivity index (χ3n) is 5.84. The average Bonchev–Trinajstić information content (AvgIpc) is 2.90. The molecule has 5 nitrogen and oxygen atoms in total. The van der Waals surface area contributed by atoms with Gasteiger partial charge in [-0.05, 0) is 68.7 Å². The standard InChI is InChI=1S/C26H26N2O3/c1-18-8-3-4-9-21(18)24(29)27-20-14-12-19(13-15-20)25(30)28-17-7-16-26(2,31)22-10-5-6-11-23(22)28/h3-6,8-15,31H,7,16-17H2,1-2H3,(H,27,29). The minimum Gasteiger partial charge on any atom is -0.385 e. The lowest BCUT2D eigenvalue weighted by Gasteiger charge is -2.26. The Kier molecular flexibility index (Phi) is 5.61. The molecular weight excluding hydrogens is 388 g/mol. The van der Waals surface area contributed by atoms with Crippen LogP contribution in [0.3, 0.4) is 0 Å². The van der Waals surface area contributed by atoms with Crippen molar-refractivity contribution < 1.29 is 14.7 Å². The lowest BCUT2D eigenvalue weighted by atomic mass is 9.91. The maximum Gasteiger partial charge on any atom is 0.258 e. The van der Waals surface area contributed by atoms with E-state index in [4.69, 9.17) is 0 Å². The molecule has 1 aliphatic rings. The first-order valence-corrected chi connectivity index (χ1v) is 10.5. The fourth-order valence-electron chi connectivity index (χ4n) is 4.09. The zero-order valence-electron chi connectivity index (χ0n) is 17.8. The highest BCUT2D eigenvalue weighted by Gasteiger charge is 2.32. The Hall–Kier alpha value is -3.44. The van der Waals surface area contributed by atoms with Gasteiger partial charge in [0.15, 0.2) is 0 Å². The molecule has 4 rings (SSSR count). The lowest BCUT2D eigenvalue weighted by Crippen LogP contribution is -2.32. The molecular formula is C26H26N2O3. The van der Waals surface area contributed by atoms with E-state index in [9.17, 15) is 14.7 Å². The van der Waals surface area contributed by atoms with Gasteiger partial charge < -0.3 is 15.3 Å². The van der Waals surface area contributed by atoms with Crippen molar-refractivity contribution in [3.63, 3.8) is 0 Å². The Bertz CT molecular complexity index is 1120. The van der Waals surface area contributed by atoms with E-state index in [2.05, 4.69) is 5.32 Å². The monoisotopic (exact) mass is 414 g/mol. The van der Waals surface area contributed by atoms with Crippen LogP contribution < -0.4 is 10.2 Å². The number of rotatable bonds is 3. The summed E-state index contributed by atoms with van der Waals surface area (Å²) in [6.07, 6.45) is 1.30. The molecule has 5 heteroatoms. The molecule has 0 radical (unpaired) electrons. The van der Waals surface area contributed by atoms with Crippen molar-refractivity contribution in [2.45, 2.75) is 32.3 Å². The van der Waals surface area contributed by atoms with Crippen molar-refractivity contribution in [2.75, 3.05) is 16.8 Å². The van der Waals surface area contributed by atoms with Crippen LogP contribution in [0, 0.1) is 6.92 Å². The van der Waals surface area contributed by atoms with Crippen LogP contribution in [0.1, 0.15) is 51.6 Å². The number of para-hydroxylation sites is 1. The minimum absolute atomic E-state index is 0.123. The summed E-state index contributed by atoms with van der Waals surface area (Å²) in [6, 6.07) is 21.9. The Morgan fingerprint density at radius 3 is 2.39 bits per heavy atom. The van der Waals surface area contributed by atoms with Crippen molar-refractivity contribution in [3.8, 4) is 0 Å². The van der Waals surface area contributed by atoms with E-state index >= 15 is 0 Å². The summed E-state index contributed by atoms with van der Waals surface area (Å²) < 4.78 is 0. The van der Waals surface area contributed by atoms with E-state index in [0.717, 1.165) is 16.8 Å². The van der Waals surface area contributed by atoms with Crippen molar-refractivity contribution in [1.82, 2.24) is 0 Å². The minimum atomic E-state index is -0.963. The Morgan fingerprint density at radius 2 is 1.65 bits per heavy atom. The first-order valence-electron chi connectivity index (χ1n) is 10.5. The van der Waals surface area contributed by atoms with Crippen LogP contribution in [0.4, 0.5) is 11.4 Å². The van der Waals surface area contributed by atoms with Crippen LogP contribution in [0.25, 0.3) is 0 Å². The molecule has 3 aromatic rings. The van der Waals surface area contributed by atoms with Crippen molar-refractivity contribution >= 4 is 23.2 Å². The molecule has 2 amide bonds. The summed E-state index contributed by atoms with van der Waals surface area (Å²) in [6.45, 7) is 4.23. The third-order valence-corrected chi connectivity index (χ3v) is 5.84. The van der Waals surface area contributed by atoms with E-state index < -0.39 is 5.60 Å². The van der Waals surface area contributed by atoms with Crippen LogP contribution in [0.2, 0.25) is 0 Å². The fraction of sp³-hybridized carbons (Fsp3) is 0.231. The molecule has 0 aliphatic carbocycles.